The first-order valence-corrected chi connectivity index (χ1v) is 10.4. The predicted octanol–water partition coefficient (Wildman–Crippen LogP) is 5.76. The largest absolute Gasteiger partial charge is 0.340 e. The topological polar surface area (TPSA) is 56.8 Å². The van der Waals surface area contributed by atoms with Gasteiger partial charge < -0.3 is 10.3 Å². The lowest BCUT2D eigenvalue weighted by molar-refractivity contribution is 0.331. The minimum atomic E-state index is -0.451. The van der Waals surface area contributed by atoms with Crippen LogP contribution in [0.3, 0.4) is 0 Å². The number of hydrogen-bond donors (Lipinski definition) is 2. The third kappa shape index (κ3) is 3.88. The van der Waals surface area contributed by atoms with Crippen molar-refractivity contribution in [3.8, 4) is 11.3 Å². The van der Waals surface area contributed by atoms with Crippen LogP contribution in [0.5, 0.6) is 0 Å². The van der Waals surface area contributed by atoms with Gasteiger partial charge in [0, 0.05) is 17.9 Å². The van der Waals surface area contributed by atoms with Gasteiger partial charge in [0.2, 0.25) is 0 Å². The number of benzene rings is 2. The number of rotatable bonds is 5. The van der Waals surface area contributed by atoms with Crippen LogP contribution in [0.25, 0.3) is 22.3 Å². The highest BCUT2D eigenvalue weighted by atomic mass is 35.5. The zero-order valence-corrected chi connectivity index (χ0v) is 17.1. The van der Waals surface area contributed by atoms with E-state index in [0.717, 1.165) is 28.8 Å². The number of nitrogens with zero attached hydrogens (tertiary/aromatic N) is 3. The summed E-state index contributed by atoms with van der Waals surface area (Å²) in [6.07, 6.45) is 4.07. The van der Waals surface area contributed by atoms with Gasteiger partial charge in [-0.05, 0) is 67.4 Å². The number of nitrogens with one attached hydrogen (secondary N) is 2. The molecule has 1 aliphatic rings. The molecule has 0 bridgehead atoms. The Morgan fingerprint density at radius 3 is 2.77 bits per heavy atom. The summed E-state index contributed by atoms with van der Waals surface area (Å²) in [6.45, 7) is 3.33. The van der Waals surface area contributed by atoms with Crippen LogP contribution in [0, 0.1) is 5.82 Å². The SMILES string of the molecule is Fc1ccc(Nc2ncnc3[nH]c(-c4cccc(CN5CCCC5)c4)cc23)cc1Cl. The Hall–Kier alpha value is -2.96. The van der Waals surface area contributed by atoms with Crippen molar-refractivity contribution in [2.75, 3.05) is 18.4 Å². The summed E-state index contributed by atoms with van der Waals surface area (Å²) in [5, 5.41) is 4.13. The van der Waals surface area contributed by atoms with Crippen LogP contribution in [-0.2, 0) is 6.54 Å². The predicted molar refractivity (Wildman–Crippen MR) is 119 cm³/mol. The molecule has 3 heterocycles. The van der Waals surface area contributed by atoms with E-state index in [2.05, 4.69) is 49.4 Å². The maximum absolute atomic E-state index is 13.4. The summed E-state index contributed by atoms with van der Waals surface area (Å²) in [6, 6.07) is 15.1. The van der Waals surface area contributed by atoms with Gasteiger partial charge in [-0.25, -0.2) is 14.4 Å². The highest BCUT2D eigenvalue weighted by molar-refractivity contribution is 6.31. The second-order valence-electron chi connectivity index (χ2n) is 7.61. The van der Waals surface area contributed by atoms with E-state index in [-0.39, 0.29) is 5.02 Å². The van der Waals surface area contributed by atoms with Crippen molar-refractivity contribution in [3.05, 3.63) is 71.3 Å². The first-order chi connectivity index (χ1) is 14.7. The van der Waals surface area contributed by atoms with Gasteiger partial charge in [-0.1, -0.05) is 29.8 Å². The molecule has 7 heteroatoms. The fourth-order valence-electron chi connectivity index (χ4n) is 3.94. The number of likely N-dealkylation sites (tertiary alicyclic amines) is 1. The van der Waals surface area contributed by atoms with Crippen molar-refractivity contribution < 1.29 is 4.39 Å². The van der Waals surface area contributed by atoms with Gasteiger partial charge in [-0.2, -0.15) is 0 Å². The summed E-state index contributed by atoms with van der Waals surface area (Å²) in [7, 11) is 0. The highest BCUT2D eigenvalue weighted by Crippen LogP contribution is 2.30. The van der Waals surface area contributed by atoms with Gasteiger partial charge in [0.05, 0.1) is 10.4 Å². The van der Waals surface area contributed by atoms with E-state index in [9.17, 15) is 4.39 Å². The van der Waals surface area contributed by atoms with Crippen LogP contribution in [0.15, 0.2) is 54.9 Å². The normalized spacial score (nSPS) is 14.5. The Morgan fingerprint density at radius 1 is 1.07 bits per heavy atom. The molecule has 4 aromatic rings. The molecule has 0 spiro atoms. The molecule has 0 saturated carbocycles. The average molecular weight is 422 g/mol. The third-order valence-corrected chi connectivity index (χ3v) is 5.74. The van der Waals surface area contributed by atoms with Gasteiger partial charge in [-0.3, -0.25) is 4.90 Å². The van der Waals surface area contributed by atoms with E-state index in [1.807, 2.05) is 6.07 Å². The minimum Gasteiger partial charge on any atom is -0.340 e. The number of H-pyrrole nitrogens is 1. The fourth-order valence-corrected chi connectivity index (χ4v) is 4.12. The number of aromatic nitrogens is 3. The molecule has 2 aromatic heterocycles. The van der Waals surface area contributed by atoms with E-state index in [0.29, 0.717) is 11.5 Å². The van der Waals surface area contributed by atoms with Crippen molar-refractivity contribution in [1.82, 2.24) is 19.9 Å². The third-order valence-electron chi connectivity index (χ3n) is 5.45. The van der Waals surface area contributed by atoms with Crippen LogP contribution in [0.1, 0.15) is 18.4 Å². The van der Waals surface area contributed by atoms with Crippen molar-refractivity contribution in [3.63, 3.8) is 0 Å². The number of aromatic amines is 1. The van der Waals surface area contributed by atoms with Crippen LogP contribution < -0.4 is 5.32 Å². The molecular weight excluding hydrogens is 401 g/mol. The van der Waals surface area contributed by atoms with Crippen molar-refractivity contribution in [1.29, 1.82) is 0 Å². The van der Waals surface area contributed by atoms with Crippen LogP contribution >= 0.6 is 11.6 Å². The highest BCUT2D eigenvalue weighted by Gasteiger charge is 2.14. The summed E-state index contributed by atoms with van der Waals surface area (Å²) >= 11 is 5.90. The molecule has 0 radical (unpaired) electrons. The van der Waals surface area contributed by atoms with Crippen LogP contribution in [0.4, 0.5) is 15.9 Å². The summed E-state index contributed by atoms with van der Waals surface area (Å²) in [5.74, 6) is 0.186. The zero-order valence-electron chi connectivity index (χ0n) is 16.3. The molecule has 5 rings (SSSR count). The Balaban J connectivity index is 1.45. The van der Waals surface area contributed by atoms with Crippen molar-refractivity contribution in [2.45, 2.75) is 19.4 Å². The fraction of sp³-hybridized carbons (Fsp3) is 0.217. The van der Waals surface area contributed by atoms with Gasteiger partial charge >= 0.3 is 0 Å². The van der Waals surface area contributed by atoms with E-state index >= 15 is 0 Å². The van der Waals surface area contributed by atoms with Gasteiger partial charge in [0.15, 0.2) is 0 Å². The number of hydrogen-bond acceptors (Lipinski definition) is 4. The number of anilines is 2. The average Bonchev–Trinajstić information content (AvgIpc) is 3.41. The number of halogens is 2. The first-order valence-electron chi connectivity index (χ1n) is 10.0. The molecule has 2 aromatic carbocycles. The number of fused-ring (bicyclic) bond motifs is 1. The summed E-state index contributed by atoms with van der Waals surface area (Å²) < 4.78 is 13.4. The molecule has 0 aliphatic carbocycles. The molecule has 2 N–H and O–H groups in total. The van der Waals surface area contributed by atoms with Crippen molar-refractivity contribution >= 4 is 34.1 Å². The molecular formula is C23H21ClFN5. The van der Waals surface area contributed by atoms with Gasteiger partial charge in [0.25, 0.3) is 0 Å². The maximum atomic E-state index is 13.4. The second kappa shape index (κ2) is 8.05. The molecule has 1 aliphatic heterocycles. The van der Waals surface area contributed by atoms with Crippen molar-refractivity contribution in [2.24, 2.45) is 0 Å². The lowest BCUT2D eigenvalue weighted by Crippen LogP contribution is -2.18. The molecule has 0 unspecified atom stereocenters. The Morgan fingerprint density at radius 2 is 1.93 bits per heavy atom. The standard InChI is InChI=1S/C23H21ClFN5/c24-19-11-17(6-7-20(19)25)28-22-18-12-21(29-23(18)27-14-26-22)16-5-3-4-15(10-16)13-30-8-1-2-9-30/h3-7,10-12,14H,1-2,8-9,13H2,(H2,26,27,28,29). The lowest BCUT2D eigenvalue weighted by atomic mass is 10.1. The minimum absolute atomic E-state index is 0.0647. The Labute approximate surface area is 178 Å². The smallest absolute Gasteiger partial charge is 0.143 e. The lowest BCUT2D eigenvalue weighted by Gasteiger charge is -2.14. The zero-order chi connectivity index (χ0) is 20.5. The molecule has 30 heavy (non-hydrogen) atoms. The summed E-state index contributed by atoms with van der Waals surface area (Å²) in [4.78, 5) is 14.6. The second-order valence-corrected chi connectivity index (χ2v) is 8.01. The summed E-state index contributed by atoms with van der Waals surface area (Å²) in [5.41, 5.74) is 4.80. The van der Waals surface area contributed by atoms with Crippen LogP contribution in [-0.4, -0.2) is 32.9 Å². The molecule has 1 fully saturated rings. The van der Waals surface area contributed by atoms with E-state index in [4.69, 9.17) is 11.6 Å². The molecule has 152 valence electrons. The first kappa shape index (κ1) is 19.0. The molecule has 0 atom stereocenters. The van der Waals surface area contributed by atoms with E-state index in [1.165, 1.54) is 43.9 Å². The molecule has 0 amide bonds. The quantitative estimate of drug-likeness (QED) is 0.430. The molecule has 1 saturated heterocycles. The van der Waals surface area contributed by atoms with E-state index < -0.39 is 5.82 Å². The van der Waals surface area contributed by atoms with Gasteiger partial charge in [-0.15, -0.1) is 0 Å². The Bertz CT molecular complexity index is 1200. The van der Waals surface area contributed by atoms with Crippen LogP contribution in [0.2, 0.25) is 5.02 Å². The monoisotopic (exact) mass is 421 g/mol. The Kier molecular flexibility index (Phi) is 5.11. The van der Waals surface area contributed by atoms with E-state index in [1.54, 1.807) is 12.1 Å². The van der Waals surface area contributed by atoms with Gasteiger partial charge in [0.1, 0.15) is 23.6 Å². The molecule has 5 nitrogen and oxygen atoms in total. The maximum Gasteiger partial charge on any atom is 0.143 e.